The van der Waals surface area contributed by atoms with Gasteiger partial charge in [0.05, 0.1) is 39.1 Å². The molecule has 0 aromatic carbocycles. The number of aliphatic hydroxyl groups is 8. The number of carbonyl (C=O) groups is 5. The molecule has 0 bridgehead atoms. The maximum absolute atomic E-state index is 13.2. The van der Waals surface area contributed by atoms with Crippen LogP contribution in [0.15, 0.2) is 0 Å². The van der Waals surface area contributed by atoms with Gasteiger partial charge in [0.2, 0.25) is 17.7 Å². The smallest absolute Gasteiger partial charge is 0.462 e. The highest BCUT2D eigenvalue weighted by molar-refractivity contribution is 7.48. The predicted octanol–water partition coefficient (Wildman–Crippen LogP) is 1.33. The molecule has 0 aliphatic carbocycles. The highest BCUT2D eigenvalue weighted by Crippen LogP contribution is 2.48. The Morgan fingerprint density at radius 2 is 1.10 bits per heavy atom. The van der Waals surface area contributed by atoms with Gasteiger partial charge in [-0.2, -0.15) is 0 Å². The summed E-state index contributed by atoms with van der Waals surface area (Å²) in [5.41, 5.74) is 0. The third-order valence-corrected chi connectivity index (χ3v) is 15.9. The Labute approximate surface area is 493 Å². The van der Waals surface area contributed by atoms with E-state index in [0.29, 0.717) is 19.3 Å². The van der Waals surface area contributed by atoms with E-state index in [0.717, 1.165) is 33.3 Å². The summed E-state index contributed by atoms with van der Waals surface area (Å²) in [6, 6.07) is -1.48. The van der Waals surface area contributed by atoms with Crippen LogP contribution in [-0.4, -0.2) is 229 Å². The molecule has 3 aliphatic rings. The first-order chi connectivity index (χ1) is 40.2. The van der Waals surface area contributed by atoms with Crippen molar-refractivity contribution in [3.63, 3.8) is 0 Å². The van der Waals surface area contributed by atoms with Gasteiger partial charge >= 0.3 is 19.8 Å². The van der Waals surface area contributed by atoms with E-state index in [4.69, 9.17) is 51.5 Å². The largest absolute Gasteiger partial charge is 0.474 e. The number of nitrogens with one attached hydrogen (secondary N) is 3. The number of aliphatic hydroxyl groups excluding tert-OH is 8. The fraction of sp³-hybridized carbons (Fsp3) is 0.909. The lowest BCUT2D eigenvalue weighted by Crippen LogP contribution is -2.68. The predicted molar refractivity (Wildman–Crippen MR) is 297 cm³/mol. The highest BCUT2D eigenvalue weighted by Gasteiger charge is 2.54. The molecular formula is C55H100N3O25P. The van der Waals surface area contributed by atoms with E-state index in [-0.39, 0.29) is 70.4 Å². The van der Waals surface area contributed by atoms with E-state index in [1.54, 1.807) is 0 Å². The lowest BCUT2D eigenvalue weighted by molar-refractivity contribution is -0.385. The van der Waals surface area contributed by atoms with Gasteiger partial charge in [0.15, 0.2) is 25.0 Å². The quantitative estimate of drug-likeness (QED) is 0.0233. The van der Waals surface area contributed by atoms with E-state index < -0.39 is 144 Å². The molecule has 3 fully saturated rings. The summed E-state index contributed by atoms with van der Waals surface area (Å²) in [6.45, 7) is 3.10. The summed E-state index contributed by atoms with van der Waals surface area (Å²) in [7, 11) is -3.10. The van der Waals surface area contributed by atoms with Crippen LogP contribution >= 0.6 is 7.82 Å². The third-order valence-electron chi connectivity index (χ3n) is 14.5. The first-order valence-corrected chi connectivity index (χ1v) is 31.4. The van der Waals surface area contributed by atoms with Crippen molar-refractivity contribution in [2.45, 2.75) is 261 Å². The average Bonchev–Trinajstić information content (AvgIpc) is 2.07. The van der Waals surface area contributed by atoms with Gasteiger partial charge in [0.1, 0.15) is 73.7 Å². The van der Waals surface area contributed by atoms with Crippen LogP contribution in [0.4, 0.5) is 0 Å². The fourth-order valence-electron chi connectivity index (χ4n) is 9.62. The van der Waals surface area contributed by atoms with Crippen LogP contribution in [0.1, 0.15) is 163 Å². The van der Waals surface area contributed by atoms with Crippen molar-refractivity contribution >= 4 is 37.5 Å². The Morgan fingerprint density at radius 3 is 1.65 bits per heavy atom. The molecule has 0 spiro atoms. The van der Waals surface area contributed by atoms with Crippen LogP contribution in [0, 0.1) is 0 Å². The standard InChI is InChI=1S/C55H100N3O25P/c1-6-7-8-9-10-11-12-13-14-15-16-17-18-19-20-26-43(65)79-38(33-75-37(4)62)34-77-84(72,73-5)76-30-28-57-42(64)25-22-21-24-41(63)56-27-23-29-74-55-52(83-54-50(71)49(70)45(66)35(2)78-54)51(47(68)40(32-60)81-55)82-53-44(58-36(3)61)48(69)46(67)39(31-59)80-53/h35,38-40,44-55,59-60,66-71H,6-34H2,1-5H3,(H,56,63)(H,57,64)(H,58,61)/t35?,38-,39?,40?,44?,45-,46+,47+,48-,49+,50?,51+,52?,53-,54+,55-,84?/m1/s1. The van der Waals surface area contributed by atoms with E-state index in [9.17, 15) is 69.4 Å². The zero-order chi connectivity index (χ0) is 62.0. The van der Waals surface area contributed by atoms with E-state index in [2.05, 4.69) is 22.9 Å². The topological polar surface area (TPSA) is 402 Å². The second-order valence-electron chi connectivity index (χ2n) is 21.5. The molecule has 3 saturated heterocycles. The van der Waals surface area contributed by atoms with Crippen molar-refractivity contribution in [3.05, 3.63) is 0 Å². The second kappa shape index (κ2) is 41.9. The minimum absolute atomic E-state index is 0.0493. The molecule has 490 valence electrons. The van der Waals surface area contributed by atoms with Gasteiger partial charge in [-0.15, -0.1) is 0 Å². The molecule has 28 nitrogen and oxygen atoms in total. The Bertz CT molecular complexity index is 1910. The number of carbonyl (C=O) groups excluding carboxylic acids is 5. The number of ether oxygens (including phenoxy) is 8. The molecule has 0 saturated carbocycles. The van der Waals surface area contributed by atoms with E-state index >= 15 is 0 Å². The molecule has 7 unspecified atom stereocenters. The number of phosphoric ester groups is 1. The Morgan fingerprint density at radius 1 is 0.560 bits per heavy atom. The highest BCUT2D eigenvalue weighted by atomic mass is 31.2. The van der Waals surface area contributed by atoms with Gasteiger partial charge in [-0.25, -0.2) is 4.57 Å². The van der Waals surface area contributed by atoms with Crippen molar-refractivity contribution < 1.29 is 121 Å². The second-order valence-corrected chi connectivity index (χ2v) is 23.3. The molecule has 11 N–H and O–H groups in total. The van der Waals surface area contributed by atoms with Crippen LogP contribution in [0.3, 0.4) is 0 Å². The zero-order valence-electron chi connectivity index (χ0n) is 49.7. The SMILES string of the molecule is CCCCCCCCCCCCCCCCCC(=O)O[C@H](COC(C)=O)COP(=O)(OC)OCCNC(=O)CCCCC(=O)NCCCO[C@@H]1OC(CO)[C@H](O)[C@H](O[C@H]2OC(CO)[C@H](O)[C@H](O)C2NC(C)=O)C1O[C@@H]1OC(C)[C@@H](O)[C@H](O)C1O. The van der Waals surface area contributed by atoms with Crippen molar-refractivity contribution in [1.82, 2.24) is 16.0 Å². The molecule has 3 aliphatic heterocycles. The number of rotatable bonds is 44. The summed E-state index contributed by atoms with van der Waals surface area (Å²) < 4.78 is 74.7. The van der Waals surface area contributed by atoms with Crippen LogP contribution in [-0.2, 0) is 80.0 Å². The Balaban J connectivity index is 1.39. The molecule has 17 atom stereocenters. The van der Waals surface area contributed by atoms with Gasteiger partial charge in [-0.1, -0.05) is 96.8 Å². The number of esters is 2. The van der Waals surface area contributed by atoms with Crippen molar-refractivity contribution in [3.8, 4) is 0 Å². The number of phosphoric acid groups is 1. The Kier molecular flexibility index (Phi) is 37.5. The minimum atomic E-state index is -4.19. The summed E-state index contributed by atoms with van der Waals surface area (Å²) in [4.78, 5) is 61.6. The zero-order valence-corrected chi connectivity index (χ0v) is 50.6. The summed E-state index contributed by atoms with van der Waals surface area (Å²) in [5.74, 6) is -2.52. The van der Waals surface area contributed by atoms with Gasteiger partial charge in [0.25, 0.3) is 0 Å². The first kappa shape index (κ1) is 75.2. The summed E-state index contributed by atoms with van der Waals surface area (Å²) in [6.07, 6.45) is -4.72. The van der Waals surface area contributed by atoms with E-state index in [1.165, 1.54) is 84.5 Å². The number of hydrogen-bond acceptors (Lipinski definition) is 25. The first-order valence-electron chi connectivity index (χ1n) is 30.0. The molecule has 3 heterocycles. The summed E-state index contributed by atoms with van der Waals surface area (Å²) in [5, 5.41) is 92.4. The molecule has 29 heteroatoms. The van der Waals surface area contributed by atoms with Crippen LogP contribution in [0.2, 0.25) is 0 Å². The summed E-state index contributed by atoms with van der Waals surface area (Å²) >= 11 is 0. The van der Waals surface area contributed by atoms with Crippen LogP contribution in [0.5, 0.6) is 0 Å². The molecular weight excluding hydrogens is 1130 g/mol. The van der Waals surface area contributed by atoms with Gasteiger partial charge in [-0.05, 0) is 32.6 Å². The number of amides is 3. The monoisotopic (exact) mass is 1230 g/mol. The lowest BCUT2D eigenvalue weighted by Gasteiger charge is -2.49. The van der Waals surface area contributed by atoms with Crippen molar-refractivity contribution in [2.24, 2.45) is 0 Å². The number of hydrogen-bond donors (Lipinski definition) is 11. The van der Waals surface area contributed by atoms with Crippen LogP contribution in [0.25, 0.3) is 0 Å². The molecule has 0 aromatic heterocycles. The van der Waals surface area contributed by atoms with Gasteiger partial charge < -0.3 is 94.7 Å². The normalized spacial score (nSPS) is 29.1. The Hall–Kier alpha value is -3.10. The third kappa shape index (κ3) is 27.9. The molecule has 3 amide bonds. The van der Waals surface area contributed by atoms with Crippen molar-refractivity contribution in [1.29, 1.82) is 0 Å². The maximum Gasteiger partial charge on any atom is 0.474 e. The lowest BCUT2D eigenvalue weighted by atomic mass is 9.95. The maximum atomic E-state index is 13.2. The van der Waals surface area contributed by atoms with Gasteiger partial charge in [0, 0.05) is 53.3 Å². The molecule has 3 rings (SSSR count). The van der Waals surface area contributed by atoms with Gasteiger partial charge in [-0.3, -0.25) is 37.5 Å². The molecule has 0 aromatic rings. The van der Waals surface area contributed by atoms with Crippen LogP contribution < -0.4 is 16.0 Å². The number of unbranched alkanes of at least 4 members (excludes halogenated alkanes) is 15. The van der Waals surface area contributed by atoms with Crippen molar-refractivity contribution in [2.75, 3.05) is 59.8 Å². The molecule has 84 heavy (non-hydrogen) atoms. The average molecular weight is 1230 g/mol. The van der Waals surface area contributed by atoms with E-state index in [1.807, 2.05) is 0 Å². The molecule has 0 radical (unpaired) electrons. The fourth-order valence-corrected chi connectivity index (χ4v) is 10.6. The minimum Gasteiger partial charge on any atom is -0.462 e.